The first-order valence-electron chi connectivity index (χ1n) is 8.77. The first-order chi connectivity index (χ1) is 11.2. The van der Waals surface area contributed by atoms with Gasteiger partial charge in [0, 0.05) is 19.5 Å². The van der Waals surface area contributed by atoms with Gasteiger partial charge in [-0.25, -0.2) is 0 Å². The molecule has 2 rings (SSSR count). The van der Waals surface area contributed by atoms with Crippen LogP contribution in [0.15, 0.2) is 24.3 Å². The van der Waals surface area contributed by atoms with Crippen LogP contribution < -0.4 is 0 Å². The van der Waals surface area contributed by atoms with Crippen LogP contribution >= 0.6 is 0 Å². The van der Waals surface area contributed by atoms with Gasteiger partial charge in [-0.3, -0.25) is 9.59 Å². The second-order valence-electron chi connectivity index (χ2n) is 8.12. The van der Waals surface area contributed by atoms with Crippen molar-refractivity contribution >= 4 is 11.9 Å². The Balaban J connectivity index is 1.91. The Bertz CT molecular complexity index is 586. The van der Waals surface area contributed by atoms with Crippen molar-refractivity contribution < 1.29 is 14.7 Å². The minimum atomic E-state index is -0.794. The molecule has 0 bridgehead atoms. The topological polar surface area (TPSA) is 57.6 Å². The first-order valence-corrected chi connectivity index (χ1v) is 8.77. The fourth-order valence-electron chi connectivity index (χ4n) is 3.31. The molecule has 132 valence electrons. The summed E-state index contributed by atoms with van der Waals surface area (Å²) < 4.78 is 0. The maximum absolute atomic E-state index is 12.4. The number of nitrogens with zero attached hydrogens (tertiary/aromatic N) is 1. The highest BCUT2D eigenvalue weighted by molar-refractivity contribution is 5.78. The second kappa shape index (κ2) is 7.37. The van der Waals surface area contributed by atoms with Gasteiger partial charge < -0.3 is 10.0 Å². The van der Waals surface area contributed by atoms with Gasteiger partial charge in [-0.15, -0.1) is 0 Å². The van der Waals surface area contributed by atoms with E-state index in [0.717, 1.165) is 5.56 Å². The van der Waals surface area contributed by atoms with Gasteiger partial charge in [-0.1, -0.05) is 52.0 Å². The van der Waals surface area contributed by atoms with E-state index in [4.69, 9.17) is 0 Å². The normalized spacial score (nSPS) is 21.6. The molecule has 1 aromatic carbocycles. The molecule has 4 nitrogen and oxygen atoms in total. The Hall–Kier alpha value is -1.84. The summed E-state index contributed by atoms with van der Waals surface area (Å²) in [5, 5.41) is 9.22. The van der Waals surface area contributed by atoms with Crippen molar-refractivity contribution in [3.05, 3.63) is 35.4 Å². The Morgan fingerprint density at radius 2 is 1.79 bits per heavy atom. The molecule has 1 aromatic rings. The van der Waals surface area contributed by atoms with E-state index in [1.807, 2.05) is 6.92 Å². The molecule has 4 heteroatoms. The summed E-state index contributed by atoms with van der Waals surface area (Å²) in [5.41, 5.74) is 2.56. The minimum absolute atomic E-state index is 0.0627. The smallest absolute Gasteiger partial charge is 0.308 e. The molecule has 24 heavy (non-hydrogen) atoms. The molecular weight excluding hydrogens is 302 g/mol. The first kappa shape index (κ1) is 18.5. The number of amides is 1. The maximum atomic E-state index is 12.4. The molecule has 1 heterocycles. The lowest BCUT2D eigenvalue weighted by molar-refractivity contribution is -0.146. The zero-order valence-corrected chi connectivity index (χ0v) is 15.2. The number of piperidine rings is 1. The lowest BCUT2D eigenvalue weighted by atomic mass is 9.86. The van der Waals surface area contributed by atoms with Gasteiger partial charge in [0.25, 0.3) is 0 Å². The molecule has 1 amide bonds. The highest BCUT2D eigenvalue weighted by Gasteiger charge is 2.31. The molecule has 1 saturated heterocycles. The van der Waals surface area contributed by atoms with Crippen molar-refractivity contribution in [1.29, 1.82) is 0 Å². The third-order valence-corrected chi connectivity index (χ3v) is 4.81. The lowest BCUT2D eigenvalue weighted by Gasteiger charge is -2.34. The number of carboxylic acids is 1. The van der Waals surface area contributed by atoms with Crippen LogP contribution in [0.1, 0.15) is 51.7 Å². The average molecular weight is 331 g/mol. The monoisotopic (exact) mass is 331 g/mol. The number of hydrogen-bond donors (Lipinski definition) is 1. The summed E-state index contributed by atoms with van der Waals surface area (Å²) >= 11 is 0. The van der Waals surface area contributed by atoms with Crippen LogP contribution in [0.3, 0.4) is 0 Å². The van der Waals surface area contributed by atoms with Crippen molar-refractivity contribution in [3.8, 4) is 0 Å². The Kier molecular flexibility index (Phi) is 5.68. The van der Waals surface area contributed by atoms with Crippen LogP contribution in [0.5, 0.6) is 0 Å². The maximum Gasteiger partial charge on any atom is 0.308 e. The van der Waals surface area contributed by atoms with E-state index < -0.39 is 11.9 Å². The molecule has 2 atom stereocenters. The standard InChI is InChI=1S/C20H29NO3/c1-14-11-16(19(23)24)13-21(12-14)18(22)10-7-15-5-8-17(9-6-15)20(2,3)4/h5-6,8-9,14,16H,7,10-13H2,1-4H3,(H,23,24). The number of aliphatic carboxylic acids is 1. The zero-order chi connectivity index (χ0) is 17.9. The van der Waals surface area contributed by atoms with Crippen molar-refractivity contribution in [2.75, 3.05) is 13.1 Å². The molecule has 0 spiro atoms. The second-order valence-corrected chi connectivity index (χ2v) is 8.12. The van der Waals surface area contributed by atoms with Crippen LogP contribution in [0.4, 0.5) is 0 Å². The summed E-state index contributed by atoms with van der Waals surface area (Å²) in [5.74, 6) is -0.913. The molecule has 1 N–H and O–H groups in total. The zero-order valence-electron chi connectivity index (χ0n) is 15.2. The highest BCUT2D eigenvalue weighted by atomic mass is 16.4. The fraction of sp³-hybridized carbons (Fsp3) is 0.600. The summed E-state index contributed by atoms with van der Waals surface area (Å²) in [6, 6.07) is 8.44. The van der Waals surface area contributed by atoms with Gasteiger partial charge in [0.2, 0.25) is 5.91 Å². The Morgan fingerprint density at radius 1 is 1.17 bits per heavy atom. The lowest BCUT2D eigenvalue weighted by Crippen LogP contribution is -2.45. The van der Waals surface area contributed by atoms with Gasteiger partial charge in [0.1, 0.15) is 0 Å². The number of hydrogen-bond acceptors (Lipinski definition) is 2. The molecule has 0 aliphatic carbocycles. The molecule has 0 saturated carbocycles. The van der Waals surface area contributed by atoms with Crippen molar-refractivity contribution in [2.24, 2.45) is 11.8 Å². The Labute approximate surface area is 144 Å². The number of carboxylic acid groups (broad SMARTS) is 1. The predicted molar refractivity (Wildman–Crippen MR) is 94.9 cm³/mol. The molecule has 0 radical (unpaired) electrons. The molecule has 2 unspecified atom stereocenters. The number of likely N-dealkylation sites (tertiary alicyclic amines) is 1. The fourth-order valence-corrected chi connectivity index (χ4v) is 3.31. The molecule has 1 fully saturated rings. The molecular formula is C20H29NO3. The predicted octanol–water partition coefficient (Wildman–Crippen LogP) is 3.49. The molecule has 1 aliphatic rings. The summed E-state index contributed by atoms with van der Waals surface area (Å²) in [6.07, 6.45) is 1.80. The van der Waals surface area contributed by atoms with Gasteiger partial charge >= 0.3 is 5.97 Å². The number of carbonyl (C=O) groups is 2. The van der Waals surface area contributed by atoms with E-state index in [1.54, 1.807) is 4.90 Å². The van der Waals surface area contributed by atoms with E-state index in [-0.39, 0.29) is 17.2 Å². The number of rotatable bonds is 4. The largest absolute Gasteiger partial charge is 0.481 e. The van der Waals surface area contributed by atoms with Crippen molar-refractivity contribution in [2.45, 2.75) is 52.4 Å². The van der Waals surface area contributed by atoms with Crippen LogP contribution in [-0.4, -0.2) is 35.0 Å². The summed E-state index contributed by atoms with van der Waals surface area (Å²) in [7, 11) is 0. The van der Waals surface area contributed by atoms with Crippen LogP contribution in [0.25, 0.3) is 0 Å². The number of benzene rings is 1. The summed E-state index contributed by atoms with van der Waals surface area (Å²) in [4.78, 5) is 25.4. The van der Waals surface area contributed by atoms with Gasteiger partial charge in [0.05, 0.1) is 5.92 Å². The molecule has 1 aliphatic heterocycles. The van der Waals surface area contributed by atoms with Crippen LogP contribution in [0, 0.1) is 11.8 Å². The summed E-state index contributed by atoms with van der Waals surface area (Å²) in [6.45, 7) is 9.58. The van der Waals surface area contributed by atoms with Crippen molar-refractivity contribution in [3.63, 3.8) is 0 Å². The van der Waals surface area contributed by atoms with E-state index in [9.17, 15) is 14.7 Å². The Morgan fingerprint density at radius 3 is 2.33 bits per heavy atom. The highest BCUT2D eigenvalue weighted by Crippen LogP contribution is 2.24. The van der Waals surface area contributed by atoms with Crippen LogP contribution in [0.2, 0.25) is 0 Å². The average Bonchev–Trinajstić information content (AvgIpc) is 2.51. The molecule has 0 aromatic heterocycles. The van der Waals surface area contributed by atoms with E-state index in [1.165, 1.54) is 5.56 Å². The van der Waals surface area contributed by atoms with Crippen LogP contribution in [-0.2, 0) is 21.4 Å². The van der Waals surface area contributed by atoms with E-state index in [0.29, 0.717) is 32.4 Å². The van der Waals surface area contributed by atoms with Crippen molar-refractivity contribution in [1.82, 2.24) is 4.90 Å². The van der Waals surface area contributed by atoms with Gasteiger partial charge in [-0.05, 0) is 35.3 Å². The third kappa shape index (κ3) is 4.83. The minimum Gasteiger partial charge on any atom is -0.481 e. The number of carbonyl (C=O) groups excluding carboxylic acids is 1. The van der Waals surface area contributed by atoms with E-state index in [2.05, 4.69) is 45.0 Å². The SMILES string of the molecule is CC1CC(C(=O)O)CN(C(=O)CCc2ccc(C(C)(C)C)cc2)C1. The third-order valence-electron chi connectivity index (χ3n) is 4.81. The van der Waals surface area contributed by atoms with Gasteiger partial charge in [0.15, 0.2) is 0 Å². The van der Waals surface area contributed by atoms with E-state index >= 15 is 0 Å². The van der Waals surface area contributed by atoms with Gasteiger partial charge in [-0.2, -0.15) is 0 Å². The quantitative estimate of drug-likeness (QED) is 0.919. The number of aryl methyl sites for hydroxylation is 1.